The number of hydrogen-bond donors (Lipinski definition) is 2. The zero-order chi connectivity index (χ0) is 25.9. The monoisotopic (exact) mass is 529 g/mol. The first-order valence-electron chi connectivity index (χ1n) is 11.2. The number of aromatic nitrogens is 3. The van der Waals surface area contributed by atoms with Crippen molar-refractivity contribution in [2.24, 2.45) is 0 Å². The Morgan fingerprint density at radius 1 is 1.11 bits per heavy atom. The highest BCUT2D eigenvalue weighted by atomic mass is 32.2. The summed E-state index contributed by atoms with van der Waals surface area (Å²) < 4.78 is 57.8. The second kappa shape index (κ2) is 11.6. The van der Waals surface area contributed by atoms with Crippen LogP contribution in [0.5, 0.6) is 0 Å². The van der Waals surface area contributed by atoms with Gasteiger partial charge in [0.2, 0.25) is 0 Å². The fourth-order valence-electron chi connectivity index (χ4n) is 3.67. The molecule has 0 fully saturated rings. The van der Waals surface area contributed by atoms with E-state index in [0.717, 1.165) is 5.56 Å². The third kappa shape index (κ3) is 5.83. The topological polar surface area (TPSA) is 124 Å². The highest BCUT2D eigenvalue weighted by Crippen LogP contribution is 2.31. The van der Waals surface area contributed by atoms with Crippen LogP contribution >= 0.6 is 0 Å². The molecule has 0 radical (unpaired) electrons. The van der Waals surface area contributed by atoms with Crippen LogP contribution < -0.4 is 11.1 Å². The van der Waals surface area contributed by atoms with Gasteiger partial charge in [0.15, 0.2) is 27.1 Å². The first kappa shape index (κ1) is 27.9. The molecule has 1 unspecified atom stereocenters. The fourth-order valence-corrected chi connectivity index (χ4v) is 5.05. The van der Waals surface area contributed by atoms with Crippen molar-refractivity contribution in [2.45, 2.75) is 37.5 Å². The molecule has 37 heavy (non-hydrogen) atoms. The molecule has 0 spiro atoms. The van der Waals surface area contributed by atoms with Gasteiger partial charge in [-0.25, -0.2) is 22.8 Å². The van der Waals surface area contributed by atoms with Crippen molar-refractivity contribution in [3.05, 3.63) is 66.1 Å². The number of nitrogens with two attached hydrogens (primary N) is 1. The van der Waals surface area contributed by atoms with E-state index >= 15 is 0 Å². The van der Waals surface area contributed by atoms with E-state index in [1.165, 1.54) is 37.4 Å². The van der Waals surface area contributed by atoms with Crippen LogP contribution in [-0.4, -0.2) is 42.5 Å². The maximum atomic E-state index is 14.6. The third-order valence-corrected chi connectivity index (χ3v) is 7.98. The van der Waals surface area contributed by atoms with Crippen LogP contribution in [-0.2, 0) is 16.4 Å². The molecule has 0 aliphatic carbocycles. The van der Waals surface area contributed by atoms with E-state index in [1.807, 2.05) is 0 Å². The Labute approximate surface area is 214 Å². The Balaban J connectivity index is 0.00000380. The van der Waals surface area contributed by atoms with Crippen molar-refractivity contribution >= 4 is 15.7 Å². The summed E-state index contributed by atoms with van der Waals surface area (Å²) in [6.07, 6.45) is 1.38. The molecular weight excluding hydrogens is 500 g/mol. The molecule has 3 N–H and O–H groups in total. The molecule has 4 rings (SSSR count). The summed E-state index contributed by atoms with van der Waals surface area (Å²) in [5.74, 6) is -0.147. The molecule has 0 aliphatic heterocycles. The van der Waals surface area contributed by atoms with Gasteiger partial charge < -0.3 is 15.6 Å². The molecule has 11 heteroatoms. The molecule has 1 atom stereocenters. The van der Waals surface area contributed by atoms with Crippen LogP contribution in [0, 0.1) is 5.82 Å². The molecule has 2 heterocycles. The predicted molar refractivity (Wildman–Crippen MR) is 140 cm³/mol. The standard InChI is InChI=1S/C25H25F2N5O3S.CH4/c1-15(9-10-26)36(33,34)18-6-4-17(5-7-18)22-14-30-25(28)24(31-22)23-12-21(32-35-23)19-8-3-16(13-29-2)11-20(19)27;/h3-8,11-12,14-15,29H,9-10,13H2,1-2H3,(H2,28,30);1H4. The molecule has 2 aromatic carbocycles. The minimum atomic E-state index is -3.64. The van der Waals surface area contributed by atoms with Crippen LogP contribution in [0.1, 0.15) is 26.3 Å². The fraction of sp³-hybridized carbons (Fsp3) is 0.269. The summed E-state index contributed by atoms with van der Waals surface area (Å²) >= 11 is 0. The van der Waals surface area contributed by atoms with Gasteiger partial charge in [-0.15, -0.1) is 0 Å². The summed E-state index contributed by atoms with van der Waals surface area (Å²) in [5.41, 5.74) is 8.58. The van der Waals surface area contributed by atoms with Crippen molar-refractivity contribution in [2.75, 3.05) is 19.5 Å². The van der Waals surface area contributed by atoms with E-state index in [4.69, 9.17) is 10.3 Å². The second-order valence-corrected chi connectivity index (χ2v) is 10.6. The molecule has 8 nitrogen and oxygen atoms in total. The molecule has 0 bridgehead atoms. The van der Waals surface area contributed by atoms with E-state index in [0.29, 0.717) is 17.8 Å². The number of nitrogens with one attached hydrogen (secondary N) is 1. The molecule has 0 saturated carbocycles. The number of halogens is 2. The predicted octanol–water partition coefficient (Wildman–Crippen LogP) is 5.06. The third-order valence-electron chi connectivity index (χ3n) is 5.76. The number of rotatable bonds is 9. The molecule has 0 saturated heterocycles. The van der Waals surface area contributed by atoms with Gasteiger partial charge in [-0.05, 0) is 50.2 Å². The molecule has 4 aromatic rings. The molecule has 0 amide bonds. The molecular formula is C26H29F2N5O3S. The zero-order valence-corrected chi connectivity index (χ0v) is 20.5. The van der Waals surface area contributed by atoms with Crippen molar-refractivity contribution < 1.29 is 21.7 Å². The Morgan fingerprint density at radius 3 is 2.49 bits per heavy atom. The number of sulfone groups is 1. The Morgan fingerprint density at radius 2 is 1.84 bits per heavy atom. The maximum Gasteiger partial charge on any atom is 0.189 e. The summed E-state index contributed by atoms with van der Waals surface area (Å²) in [7, 11) is -1.87. The summed E-state index contributed by atoms with van der Waals surface area (Å²) in [5, 5.41) is 6.10. The Bertz CT molecular complexity index is 1470. The summed E-state index contributed by atoms with van der Waals surface area (Å²) in [4.78, 5) is 8.78. The van der Waals surface area contributed by atoms with Gasteiger partial charge in [-0.2, -0.15) is 0 Å². The average Bonchev–Trinajstić information content (AvgIpc) is 3.34. The Kier molecular flexibility index (Phi) is 8.72. The van der Waals surface area contributed by atoms with Gasteiger partial charge in [0.05, 0.1) is 28.7 Å². The van der Waals surface area contributed by atoms with E-state index < -0.39 is 27.6 Å². The summed E-state index contributed by atoms with van der Waals surface area (Å²) in [6.45, 7) is 1.30. The average molecular weight is 530 g/mol. The summed E-state index contributed by atoms with van der Waals surface area (Å²) in [6, 6.07) is 12.5. The largest absolute Gasteiger partial charge is 0.382 e. The van der Waals surface area contributed by atoms with Gasteiger partial charge in [-0.1, -0.05) is 30.8 Å². The van der Waals surface area contributed by atoms with Crippen molar-refractivity contribution in [3.63, 3.8) is 0 Å². The van der Waals surface area contributed by atoms with Crippen LogP contribution in [0.15, 0.2) is 64.1 Å². The van der Waals surface area contributed by atoms with Gasteiger partial charge >= 0.3 is 0 Å². The van der Waals surface area contributed by atoms with E-state index in [1.54, 1.807) is 31.3 Å². The molecule has 2 aromatic heterocycles. The smallest absolute Gasteiger partial charge is 0.189 e. The van der Waals surface area contributed by atoms with E-state index in [9.17, 15) is 17.2 Å². The van der Waals surface area contributed by atoms with E-state index in [2.05, 4.69) is 20.4 Å². The van der Waals surface area contributed by atoms with Crippen LogP contribution in [0.25, 0.3) is 34.0 Å². The van der Waals surface area contributed by atoms with Gasteiger partial charge in [0.25, 0.3) is 0 Å². The van der Waals surface area contributed by atoms with Crippen molar-refractivity contribution in [3.8, 4) is 34.0 Å². The lowest BCUT2D eigenvalue weighted by molar-refractivity contribution is 0.433. The van der Waals surface area contributed by atoms with Gasteiger partial charge in [0, 0.05) is 23.7 Å². The van der Waals surface area contributed by atoms with Crippen molar-refractivity contribution in [1.82, 2.24) is 20.4 Å². The highest BCUT2D eigenvalue weighted by molar-refractivity contribution is 7.92. The number of alkyl halides is 1. The first-order valence-corrected chi connectivity index (χ1v) is 12.7. The van der Waals surface area contributed by atoms with E-state index in [-0.39, 0.29) is 47.3 Å². The lowest BCUT2D eigenvalue weighted by atomic mass is 10.1. The van der Waals surface area contributed by atoms with Gasteiger partial charge in [-0.3, -0.25) is 4.39 Å². The van der Waals surface area contributed by atoms with Gasteiger partial charge in [0.1, 0.15) is 11.5 Å². The lowest BCUT2D eigenvalue weighted by Gasteiger charge is -2.12. The Hall–Kier alpha value is -3.70. The second-order valence-electron chi connectivity index (χ2n) is 8.27. The van der Waals surface area contributed by atoms with Crippen LogP contribution in [0.4, 0.5) is 14.6 Å². The van der Waals surface area contributed by atoms with Crippen molar-refractivity contribution in [1.29, 1.82) is 0 Å². The minimum absolute atomic E-state index is 0. The lowest BCUT2D eigenvalue weighted by Crippen LogP contribution is -2.18. The molecule has 196 valence electrons. The normalized spacial score (nSPS) is 12.2. The van der Waals surface area contributed by atoms with Crippen LogP contribution in [0.2, 0.25) is 0 Å². The maximum absolute atomic E-state index is 14.6. The van der Waals surface area contributed by atoms with Crippen LogP contribution in [0.3, 0.4) is 0 Å². The molecule has 0 aliphatic rings. The quantitative estimate of drug-likeness (QED) is 0.308. The SMILES string of the molecule is C.CNCc1ccc(-c2cc(-c3nc(-c4ccc(S(=O)(=O)C(C)CCF)cc4)cnc3N)on2)c(F)c1. The zero-order valence-electron chi connectivity index (χ0n) is 19.7. The minimum Gasteiger partial charge on any atom is -0.382 e. The number of benzene rings is 2. The highest BCUT2D eigenvalue weighted by Gasteiger charge is 2.23. The number of nitrogen functional groups attached to an aromatic ring is 1. The number of nitrogens with zero attached hydrogens (tertiary/aromatic N) is 3. The first-order chi connectivity index (χ1) is 17.2. The number of hydrogen-bond acceptors (Lipinski definition) is 8. The number of anilines is 1.